The van der Waals surface area contributed by atoms with Gasteiger partial charge in [0.1, 0.15) is 62.8 Å². The van der Waals surface area contributed by atoms with Crippen molar-refractivity contribution in [3.05, 3.63) is 93.0 Å². The number of terminal acetylenes is 8. The molecule has 2 fully saturated rings. The van der Waals surface area contributed by atoms with Gasteiger partial charge < -0.3 is 101 Å². The number of alkyl carbamates (subject to hydrolysis) is 3. The zero-order valence-electron chi connectivity index (χ0n) is 87.8. The number of carboxylic acids is 1. The highest BCUT2D eigenvalue weighted by Gasteiger charge is 2.35. The lowest BCUT2D eigenvalue weighted by Crippen LogP contribution is -2.48. The number of carbonyl (C=O) groups excluding carboxylic acids is 6. The summed E-state index contributed by atoms with van der Waals surface area (Å²) in [6.45, 7) is 22.2. The fourth-order valence-corrected chi connectivity index (χ4v) is 16.0. The second-order valence-corrected chi connectivity index (χ2v) is 39.4. The van der Waals surface area contributed by atoms with E-state index in [0.717, 1.165) is 131 Å². The number of rotatable bonds is 63. The molecule has 0 radical (unpaired) electrons. The quantitative estimate of drug-likeness (QED) is 0.00858. The number of nitrogens with one attached hydrogen (secondary N) is 5. The van der Waals surface area contributed by atoms with E-state index in [-0.39, 0.29) is 60.7 Å². The number of ether oxygens (including phenoxy) is 11. The SMILES string of the molecule is C.C#CCCCCOc1cc(C(=O)NC2CC(CC(=O)c3cc(OCCCCC#C)c(CCCNC(=O)OC(C)(C)C)c(OCCCCC#C)c3)CC(NC(=O)c3cc(OCCCCC#C)c(CCCNC(=O)OC(C)(C)C)c(OCCCCC#C)c3)C2)cc(OCCCCC#C)c1CCCC.C#CCCCCOc1cc(C(=O)O)cc(OCCCCC#C)c1CCCNC(=O)OC(C)(C)C.NC1CC(N)CC(N)C1. The number of hydrogen-bond donors (Lipinski definition) is 9. The van der Waals surface area contributed by atoms with Crippen LogP contribution >= 0.6 is 0 Å². The summed E-state index contributed by atoms with van der Waals surface area (Å²) in [4.78, 5) is 94.4. The van der Waals surface area contributed by atoms with E-state index in [1.165, 1.54) is 12.1 Å². The first-order valence-corrected chi connectivity index (χ1v) is 51.7. The Hall–Kier alpha value is -12.5. The third-order valence-electron chi connectivity index (χ3n) is 22.9. The van der Waals surface area contributed by atoms with Crippen molar-refractivity contribution in [2.24, 2.45) is 23.1 Å². The Kier molecular flexibility index (Phi) is 63.5. The highest BCUT2D eigenvalue weighted by Crippen LogP contribution is 2.40. The van der Waals surface area contributed by atoms with Gasteiger partial charge in [-0.15, -0.1) is 98.8 Å². The van der Waals surface area contributed by atoms with E-state index in [1.807, 2.05) is 0 Å². The maximum Gasteiger partial charge on any atom is 0.407 e. The fourth-order valence-electron chi connectivity index (χ4n) is 16.0. The fraction of sp³-hybridized carbons (Fsp3) is 0.602. The summed E-state index contributed by atoms with van der Waals surface area (Å²) in [5.41, 5.74) is 19.2. The number of ketones is 1. The van der Waals surface area contributed by atoms with Crippen LogP contribution in [-0.2, 0) is 39.9 Å². The average molecular weight is 2000 g/mol. The van der Waals surface area contributed by atoms with Crippen molar-refractivity contribution in [2.75, 3.05) is 72.5 Å². The van der Waals surface area contributed by atoms with Crippen LogP contribution in [-0.4, -0.2) is 166 Å². The highest BCUT2D eigenvalue weighted by atomic mass is 16.6. The van der Waals surface area contributed by atoms with Crippen molar-refractivity contribution in [1.29, 1.82) is 0 Å². The van der Waals surface area contributed by atoms with Gasteiger partial charge >= 0.3 is 24.2 Å². The van der Waals surface area contributed by atoms with Crippen LogP contribution in [0.4, 0.5) is 14.4 Å². The van der Waals surface area contributed by atoms with Crippen LogP contribution in [0.2, 0.25) is 0 Å². The number of carbonyl (C=O) groups is 7. The van der Waals surface area contributed by atoms with Gasteiger partial charge in [-0.05, 0) is 309 Å². The van der Waals surface area contributed by atoms with Crippen LogP contribution in [0.15, 0.2) is 48.5 Å². The zero-order valence-corrected chi connectivity index (χ0v) is 87.8. The molecular weight excluding hydrogens is 1830 g/mol. The summed E-state index contributed by atoms with van der Waals surface area (Å²) >= 11 is 0. The van der Waals surface area contributed by atoms with Gasteiger partial charge in [-0.25, -0.2) is 19.2 Å². The second-order valence-electron chi connectivity index (χ2n) is 39.4. The van der Waals surface area contributed by atoms with Crippen molar-refractivity contribution >= 4 is 41.8 Å². The normalized spacial score (nSPS) is 15.0. The molecule has 0 aliphatic heterocycles. The van der Waals surface area contributed by atoms with E-state index in [4.69, 9.17) is 121 Å². The molecule has 5 amide bonds. The number of Topliss-reactive ketones (excluding diaryl/α,β-unsaturated/α-hetero) is 1. The lowest BCUT2D eigenvalue weighted by molar-refractivity contribution is 0.0515. The molecule has 145 heavy (non-hydrogen) atoms. The molecule has 796 valence electrons. The van der Waals surface area contributed by atoms with Gasteiger partial charge in [0.15, 0.2) is 5.78 Å². The van der Waals surface area contributed by atoms with Crippen LogP contribution < -0.4 is 81.7 Å². The van der Waals surface area contributed by atoms with Crippen LogP contribution in [0.1, 0.15) is 371 Å². The third kappa shape index (κ3) is 55.4. The number of aromatic carboxylic acids is 1. The number of carboxylic acid groups (broad SMARTS) is 1. The molecule has 3 unspecified atom stereocenters. The molecule has 0 saturated heterocycles. The van der Waals surface area contributed by atoms with E-state index in [9.17, 15) is 24.3 Å². The van der Waals surface area contributed by atoms with Crippen LogP contribution in [0.3, 0.4) is 0 Å². The van der Waals surface area contributed by atoms with Crippen molar-refractivity contribution in [3.8, 4) is 145 Å². The molecule has 27 heteroatoms. The van der Waals surface area contributed by atoms with Gasteiger partial charge in [0.25, 0.3) is 11.8 Å². The molecule has 6 rings (SSSR count). The Balaban J connectivity index is 0.00000101. The molecule has 0 spiro atoms. The number of nitrogens with two attached hydrogens (primary N) is 3. The predicted molar refractivity (Wildman–Crippen MR) is 578 cm³/mol. The van der Waals surface area contributed by atoms with Crippen molar-refractivity contribution in [3.63, 3.8) is 0 Å². The average Bonchev–Trinajstić information content (AvgIpc) is 0.809. The molecule has 0 bridgehead atoms. The Labute approximate surface area is 868 Å². The second kappa shape index (κ2) is 72.7. The van der Waals surface area contributed by atoms with Crippen LogP contribution in [0.5, 0.6) is 46.0 Å². The molecular formula is C118H170N8O19. The van der Waals surface area contributed by atoms with Crippen LogP contribution in [0, 0.1) is 105 Å². The summed E-state index contributed by atoms with van der Waals surface area (Å²) in [6, 6.07) is 13.2. The van der Waals surface area contributed by atoms with E-state index in [1.54, 1.807) is 98.7 Å². The molecule has 4 aromatic carbocycles. The molecule has 2 saturated carbocycles. The minimum atomic E-state index is -1.06. The standard InChI is InChI=1S/C84H114N4O13.C27H37NO6.C6H15N3.CH4/c1-14-21-28-34-47-94-73-56-64(57-74(95-48-35-29-22-15-2)70(73)43-40-45-85-81(92)100-83(8,9)10)72(89)55-63-53-67(87-79(90)65-58-75(96-49-36-30-23-16-3)69(42-27-20-7)76(59-65)97-50-37-31-24-17-4)62-68(54-63)88-80(91)66-60-77(98-51-38-32-25-18-5)71(78(61-66)99-52-39-33-26-19-6)44-41-46-86-82(93)101-84(11,12)13;1-6-8-10-12-17-32-23-19-21(25(29)30)20-24(33-18-13-11-9-7-2)22(23)15-14-16-28-26(31)34-27(3,4)5;7-4-1-5(8)3-6(9)2-4;/h1-6,56-61,63,67-68H,20-55,62H2,7-13H3,(H,85,92)(H,86,93)(H,87,90)(H,88,91);1-2,19-20H,8-18H2,3-5H3,(H,28,31)(H,29,30);4-6H,1-3,7-9H2;1H4. The molecule has 27 nitrogen and oxygen atoms in total. The van der Waals surface area contributed by atoms with Gasteiger partial charge in [0, 0.05) is 147 Å². The molecule has 12 N–H and O–H groups in total. The maximum atomic E-state index is 15.2. The van der Waals surface area contributed by atoms with Gasteiger partial charge in [0.05, 0.1) is 58.4 Å². The van der Waals surface area contributed by atoms with E-state index < -0.39 is 59.0 Å². The zero-order chi connectivity index (χ0) is 106. The summed E-state index contributed by atoms with van der Waals surface area (Å²) in [5, 5.41) is 24.7. The minimum Gasteiger partial charge on any atom is -0.493 e. The van der Waals surface area contributed by atoms with Crippen LogP contribution in [0.25, 0.3) is 0 Å². The summed E-state index contributed by atoms with van der Waals surface area (Å²) in [5.74, 6) is 22.9. The number of hydrogen-bond acceptors (Lipinski definition) is 21. The minimum absolute atomic E-state index is 0. The highest BCUT2D eigenvalue weighted by molar-refractivity contribution is 5.98. The number of benzene rings is 4. The topological polar surface area (TPSA) is 379 Å². The van der Waals surface area contributed by atoms with Crippen molar-refractivity contribution in [1.82, 2.24) is 26.6 Å². The van der Waals surface area contributed by atoms with Gasteiger partial charge in [0.2, 0.25) is 0 Å². The summed E-state index contributed by atoms with van der Waals surface area (Å²) < 4.78 is 67.3. The molecule has 4 aromatic rings. The van der Waals surface area contributed by atoms with Gasteiger partial charge in [-0.1, -0.05) is 20.8 Å². The van der Waals surface area contributed by atoms with Crippen molar-refractivity contribution < 1.29 is 90.8 Å². The Bertz CT molecular complexity index is 4560. The van der Waals surface area contributed by atoms with E-state index in [2.05, 4.69) is 80.9 Å². The summed E-state index contributed by atoms with van der Waals surface area (Å²) in [7, 11) is 0. The van der Waals surface area contributed by atoms with E-state index >= 15 is 14.4 Å². The largest absolute Gasteiger partial charge is 0.493 e. The molecule has 0 heterocycles. The lowest BCUT2D eigenvalue weighted by atomic mass is 9.79. The van der Waals surface area contributed by atoms with Gasteiger partial charge in [-0.3, -0.25) is 14.4 Å². The number of amides is 5. The molecule has 2 aliphatic carbocycles. The molecule has 3 atom stereocenters. The molecule has 0 aromatic heterocycles. The van der Waals surface area contributed by atoms with Crippen molar-refractivity contribution in [2.45, 2.75) is 381 Å². The smallest absolute Gasteiger partial charge is 0.407 e. The monoisotopic (exact) mass is 2000 g/mol. The Morgan fingerprint density at radius 2 is 0.545 bits per heavy atom. The molecule has 2 aliphatic rings. The summed E-state index contributed by atoms with van der Waals surface area (Å²) in [6.07, 6.45) is 68.7. The first-order chi connectivity index (χ1) is 69.0. The lowest BCUT2D eigenvalue weighted by Gasteiger charge is -2.36. The predicted octanol–water partition coefficient (Wildman–Crippen LogP) is 21.0. The number of unbranched alkanes of at least 4 members (excludes halogenated alkanes) is 17. The maximum absolute atomic E-state index is 15.2. The first kappa shape index (κ1) is 127. The Morgan fingerprint density at radius 1 is 0.324 bits per heavy atom. The van der Waals surface area contributed by atoms with Gasteiger partial charge in [-0.2, -0.15) is 0 Å². The van der Waals surface area contributed by atoms with E-state index in [0.29, 0.717) is 271 Å². The third-order valence-corrected chi connectivity index (χ3v) is 22.9. The Morgan fingerprint density at radius 3 is 0.759 bits per heavy atom. The first-order valence-electron chi connectivity index (χ1n) is 51.7.